The van der Waals surface area contributed by atoms with E-state index in [0.29, 0.717) is 6.42 Å². The molecule has 0 aliphatic heterocycles. The van der Waals surface area contributed by atoms with Crippen molar-refractivity contribution in [3.05, 3.63) is 18.0 Å². The molecule has 1 aromatic heterocycles. The zero-order chi connectivity index (χ0) is 11.1. The molecule has 0 unspecified atom stereocenters. The highest BCUT2D eigenvalue weighted by atomic mass is 35.5. The van der Waals surface area contributed by atoms with E-state index in [1.807, 2.05) is 0 Å². The normalized spacial score (nSPS) is 25.5. The van der Waals surface area contributed by atoms with Crippen molar-refractivity contribution in [2.45, 2.75) is 37.5 Å². The maximum Gasteiger partial charge on any atom is 0.435 e. The van der Waals surface area contributed by atoms with Crippen LogP contribution in [0.15, 0.2) is 12.3 Å². The van der Waals surface area contributed by atoms with E-state index >= 15 is 0 Å². The molecule has 2 rings (SSSR count). The summed E-state index contributed by atoms with van der Waals surface area (Å²) in [5.41, 5.74) is 4.86. The van der Waals surface area contributed by atoms with Crippen molar-refractivity contribution in [3.8, 4) is 0 Å². The zero-order valence-corrected chi connectivity index (χ0v) is 9.26. The second-order valence-electron chi connectivity index (χ2n) is 3.91. The van der Waals surface area contributed by atoms with Gasteiger partial charge in [-0.15, -0.1) is 12.4 Å². The Kier molecular flexibility index (Phi) is 3.85. The smallest absolute Gasteiger partial charge is 0.328 e. The highest BCUT2D eigenvalue weighted by Gasteiger charge is 2.34. The average molecular weight is 256 g/mol. The van der Waals surface area contributed by atoms with Gasteiger partial charge in [0.1, 0.15) is 0 Å². The van der Waals surface area contributed by atoms with Crippen LogP contribution < -0.4 is 5.73 Å². The summed E-state index contributed by atoms with van der Waals surface area (Å²) in [7, 11) is 0. The van der Waals surface area contributed by atoms with Crippen LogP contribution in [0.1, 0.15) is 31.0 Å². The van der Waals surface area contributed by atoms with E-state index in [1.165, 1.54) is 10.9 Å². The van der Waals surface area contributed by atoms with E-state index in [4.69, 9.17) is 5.73 Å². The van der Waals surface area contributed by atoms with Gasteiger partial charge in [-0.05, 0) is 25.3 Å². The van der Waals surface area contributed by atoms with E-state index in [0.717, 1.165) is 18.9 Å². The van der Waals surface area contributed by atoms with Crippen LogP contribution >= 0.6 is 12.4 Å². The van der Waals surface area contributed by atoms with Gasteiger partial charge in [-0.1, -0.05) is 0 Å². The van der Waals surface area contributed by atoms with Gasteiger partial charge in [0, 0.05) is 12.2 Å². The number of alkyl halides is 3. The Balaban J connectivity index is 0.00000128. The number of aromatic nitrogens is 2. The molecular weight excluding hydrogens is 243 g/mol. The maximum atomic E-state index is 12.3. The standard InChI is InChI=1S/C9H12F3N3.ClH/c10-9(11,12)8-3-4-15(14-8)7-2-1-6(13)5-7;/h3-4,6-7H,1-2,5,13H2;1H/t6-,7-;/m0./s1. The fourth-order valence-electron chi connectivity index (χ4n) is 1.92. The highest BCUT2D eigenvalue weighted by molar-refractivity contribution is 5.85. The van der Waals surface area contributed by atoms with Crippen LogP contribution in [0.4, 0.5) is 13.2 Å². The zero-order valence-electron chi connectivity index (χ0n) is 8.44. The Morgan fingerprint density at radius 2 is 2.06 bits per heavy atom. The summed E-state index contributed by atoms with van der Waals surface area (Å²) >= 11 is 0. The number of halogens is 4. The van der Waals surface area contributed by atoms with E-state index < -0.39 is 11.9 Å². The van der Waals surface area contributed by atoms with Gasteiger partial charge in [-0.2, -0.15) is 18.3 Å². The van der Waals surface area contributed by atoms with Gasteiger partial charge in [0.15, 0.2) is 5.69 Å². The summed E-state index contributed by atoms with van der Waals surface area (Å²) in [6.45, 7) is 0. The van der Waals surface area contributed by atoms with Crippen molar-refractivity contribution in [2.75, 3.05) is 0 Å². The molecule has 16 heavy (non-hydrogen) atoms. The molecule has 3 nitrogen and oxygen atoms in total. The Morgan fingerprint density at radius 1 is 1.38 bits per heavy atom. The molecule has 0 bridgehead atoms. The monoisotopic (exact) mass is 255 g/mol. The lowest BCUT2D eigenvalue weighted by Crippen LogP contribution is -2.16. The molecule has 7 heteroatoms. The molecule has 0 amide bonds. The first-order chi connectivity index (χ1) is 6.97. The lowest BCUT2D eigenvalue weighted by atomic mass is 10.2. The van der Waals surface area contributed by atoms with Crippen molar-refractivity contribution in [1.29, 1.82) is 0 Å². The van der Waals surface area contributed by atoms with Crippen LogP contribution in [0.5, 0.6) is 0 Å². The molecule has 0 saturated heterocycles. The van der Waals surface area contributed by atoms with Crippen molar-refractivity contribution in [3.63, 3.8) is 0 Å². The average Bonchev–Trinajstić information content (AvgIpc) is 2.69. The van der Waals surface area contributed by atoms with Gasteiger partial charge < -0.3 is 5.73 Å². The summed E-state index contributed by atoms with van der Waals surface area (Å²) in [6.07, 6.45) is -0.609. The summed E-state index contributed by atoms with van der Waals surface area (Å²) in [5, 5.41) is 3.53. The van der Waals surface area contributed by atoms with Crippen LogP contribution in [0, 0.1) is 0 Å². The Hall–Kier alpha value is -0.750. The van der Waals surface area contributed by atoms with Crippen molar-refractivity contribution < 1.29 is 13.2 Å². The van der Waals surface area contributed by atoms with E-state index in [9.17, 15) is 13.2 Å². The number of hydrogen-bond donors (Lipinski definition) is 1. The topological polar surface area (TPSA) is 43.8 Å². The molecule has 1 saturated carbocycles. The predicted octanol–water partition coefficient (Wildman–Crippen LogP) is 2.38. The van der Waals surface area contributed by atoms with Gasteiger partial charge >= 0.3 is 6.18 Å². The molecule has 0 aromatic carbocycles. The molecule has 1 aromatic rings. The van der Waals surface area contributed by atoms with Gasteiger partial charge in [-0.25, -0.2) is 0 Å². The molecule has 2 N–H and O–H groups in total. The summed E-state index contributed by atoms with van der Waals surface area (Å²) in [5.74, 6) is 0. The molecule has 2 atom stereocenters. The molecular formula is C9H13ClF3N3. The largest absolute Gasteiger partial charge is 0.435 e. The molecule has 0 spiro atoms. The number of nitrogens with two attached hydrogens (primary N) is 1. The molecule has 1 aliphatic rings. The number of nitrogens with zero attached hydrogens (tertiary/aromatic N) is 2. The third-order valence-corrected chi connectivity index (χ3v) is 2.72. The number of hydrogen-bond acceptors (Lipinski definition) is 2. The predicted molar refractivity (Wildman–Crippen MR) is 55.3 cm³/mol. The minimum absolute atomic E-state index is 0. The first-order valence-corrected chi connectivity index (χ1v) is 4.85. The lowest BCUT2D eigenvalue weighted by molar-refractivity contribution is -0.141. The van der Waals surface area contributed by atoms with E-state index in [1.54, 1.807) is 0 Å². The van der Waals surface area contributed by atoms with Crippen LogP contribution in [0.3, 0.4) is 0 Å². The molecule has 0 radical (unpaired) electrons. The van der Waals surface area contributed by atoms with E-state index in [-0.39, 0.29) is 24.5 Å². The summed E-state index contributed by atoms with van der Waals surface area (Å²) in [6, 6.07) is 1.12. The minimum atomic E-state index is -4.36. The fraction of sp³-hybridized carbons (Fsp3) is 0.667. The van der Waals surface area contributed by atoms with Crippen LogP contribution in [0.2, 0.25) is 0 Å². The second-order valence-corrected chi connectivity index (χ2v) is 3.91. The first kappa shape index (κ1) is 13.3. The SMILES string of the molecule is Cl.N[C@H]1CC[C@H](n2ccc(C(F)(F)F)n2)C1. The van der Waals surface area contributed by atoms with Gasteiger partial charge in [0.2, 0.25) is 0 Å². The first-order valence-electron chi connectivity index (χ1n) is 4.85. The third-order valence-electron chi connectivity index (χ3n) is 2.72. The highest BCUT2D eigenvalue weighted by Crippen LogP contribution is 2.31. The van der Waals surface area contributed by atoms with Crippen LogP contribution in [-0.4, -0.2) is 15.8 Å². The molecule has 1 aliphatic carbocycles. The number of rotatable bonds is 1. The quantitative estimate of drug-likeness (QED) is 0.837. The van der Waals surface area contributed by atoms with E-state index in [2.05, 4.69) is 5.10 Å². The Labute approximate surface area is 97.2 Å². The fourth-order valence-corrected chi connectivity index (χ4v) is 1.92. The Morgan fingerprint density at radius 3 is 2.50 bits per heavy atom. The Bertz CT molecular complexity index is 350. The molecule has 92 valence electrons. The summed E-state index contributed by atoms with van der Waals surface area (Å²) < 4.78 is 38.2. The van der Waals surface area contributed by atoms with Crippen LogP contribution in [-0.2, 0) is 6.18 Å². The van der Waals surface area contributed by atoms with Crippen molar-refractivity contribution >= 4 is 12.4 Å². The lowest BCUT2D eigenvalue weighted by Gasteiger charge is -2.10. The summed E-state index contributed by atoms with van der Waals surface area (Å²) in [4.78, 5) is 0. The second kappa shape index (κ2) is 4.63. The van der Waals surface area contributed by atoms with Gasteiger partial charge in [0.05, 0.1) is 6.04 Å². The maximum absolute atomic E-state index is 12.3. The van der Waals surface area contributed by atoms with Gasteiger partial charge in [0.25, 0.3) is 0 Å². The third kappa shape index (κ3) is 2.68. The molecule has 1 fully saturated rings. The minimum Gasteiger partial charge on any atom is -0.328 e. The van der Waals surface area contributed by atoms with Gasteiger partial charge in [-0.3, -0.25) is 4.68 Å². The van der Waals surface area contributed by atoms with Crippen molar-refractivity contribution in [2.24, 2.45) is 5.73 Å². The van der Waals surface area contributed by atoms with Crippen molar-refractivity contribution in [1.82, 2.24) is 9.78 Å². The molecule has 1 heterocycles. The van der Waals surface area contributed by atoms with Crippen LogP contribution in [0.25, 0.3) is 0 Å².